The molecule has 4 nitrogen and oxygen atoms in total. The zero-order valence-corrected chi connectivity index (χ0v) is 16.3. The number of carbonyl (C=O) groups is 1. The van der Waals surface area contributed by atoms with Gasteiger partial charge in [-0.2, -0.15) is 5.26 Å². The zero-order valence-electron chi connectivity index (χ0n) is 14.8. The Morgan fingerprint density at radius 2 is 1.89 bits per heavy atom. The van der Waals surface area contributed by atoms with Crippen LogP contribution in [0.5, 0.6) is 0 Å². The van der Waals surface area contributed by atoms with Crippen LogP contribution in [-0.2, 0) is 11.2 Å². The maximum atomic E-state index is 12.3. The third-order valence-electron chi connectivity index (χ3n) is 4.02. The summed E-state index contributed by atoms with van der Waals surface area (Å²) in [5.74, 6) is 0.464. The van der Waals surface area contributed by atoms with Gasteiger partial charge in [-0.1, -0.05) is 53.5 Å². The number of furan rings is 1. The van der Waals surface area contributed by atoms with Crippen molar-refractivity contribution in [1.82, 2.24) is 5.32 Å². The van der Waals surface area contributed by atoms with Crippen LogP contribution in [0.15, 0.2) is 70.7 Å². The lowest BCUT2D eigenvalue weighted by Gasteiger charge is -2.04. The van der Waals surface area contributed by atoms with E-state index in [1.54, 1.807) is 30.3 Å². The van der Waals surface area contributed by atoms with Crippen molar-refractivity contribution in [2.45, 2.75) is 6.42 Å². The predicted molar refractivity (Wildman–Crippen MR) is 111 cm³/mol. The van der Waals surface area contributed by atoms with Crippen LogP contribution in [0.3, 0.4) is 0 Å². The van der Waals surface area contributed by atoms with Gasteiger partial charge >= 0.3 is 0 Å². The van der Waals surface area contributed by atoms with Crippen LogP contribution in [0.2, 0.25) is 10.0 Å². The maximum absolute atomic E-state index is 12.3. The summed E-state index contributed by atoms with van der Waals surface area (Å²) in [6, 6.07) is 20.2. The zero-order chi connectivity index (χ0) is 19.9. The molecule has 0 unspecified atom stereocenters. The fourth-order valence-corrected chi connectivity index (χ4v) is 3.12. The average molecular weight is 411 g/mol. The molecule has 2 aromatic carbocycles. The molecule has 1 aromatic heterocycles. The van der Waals surface area contributed by atoms with Gasteiger partial charge in [-0.15, -0.1) is 0 Å². The monoisotopic (exact) mass is 410 g/mol. The van der Waals surface area contributed by atoms with Gasteiger partial charge in [0.2, 0.25) is 0 Å². The Labute approximate surface area is 173 Å². The summed E-state index contributed by atoms with van der Waals surface area (Å²) in [6.07, 6.45) is 2.09. The molecule has 0 aliphatic rings. The quantitative estimate of drug-likeness (QED) is 0.429. The Bertz CT molecular complexity index is 1050. The lowest BCUT2D eigenvalue weighted by atomic mass is 10.1. The fourth-order valence-electron chi connectivity index (χ4n) is 2.62. The molecule has 0 saturated heterocycles. The summed E-state index contributed by atoms with van der Waals surface area (Å²) in [4.78, 5) is 12.3. The highest BCUT2D eigenvalue weighted by molar-refractivity contribution is 6.36. The van der Waals surface area contributed by atoms with Crippen LogP contribution >= 0.6 is 23.2 Å². The van der Waals surface area contributed by atoms with Crippen molar-refractivity contribution in [3.05, 3.63) is 87.6 Å². The number of amides is 1. The minimum Gasteiger partial charge on any atom is -0.457 e. The Morgan fingerprint density at radius 3 is 2.61 bits per heavy atom. The van der Waals surface area contributed by atoms with E-state index in [1.165, 1.54) is 6.08 Å². The number of carbonyl (C=O) groups excluding carboxylic acids is 1. The largest absolute Gasteiger partial charge is 0.457 e. The van der Waals surface area contributed by atoms with Crippen LogP contribution in [0, 0.1) is 11.3 Å². The molecule has 140 valence electrons. The third kappa shape index (κ3) is 5.04. The van der Waals surface area contributed by atoms with E-state index in [9.17, 15) is 10.1 Å². The molecule has 1 amide bonds. The highest BCUT2D eigenvalue weighted by Crippen LogP contribution is 2.31. The topological polar surface area (TPSA) is 66.0 Å². The van der Waals surface area contributed by atoms with E-state index in [1.807, 2.05) is 36.4 Å². The molecule has 0 bridgehead atoms. The van der Waals surface area contributed by atoms with Gasteiger partial charge < -0.3 is 9.73 Å². The molecule has 6 heteroatoms. The molecule has 1 N–H and O–H groups in total. The van der Waals surface area contributed by atoms with Crippen LogP contribution in [0.4, 0.5) is 0 Å². The average Bonchev–Trinajstić information content (AvgIpc) is 3.15. The fraction of sp³-hybridized carbons (Fsp3) is 0.0909. The molecular formula is C22H16Cl2N2O2. The van der Waals surface area contributed by atoms with E-state index in [4.69, 9.17) is 27.6 Å². The number of hydrogen-bond donors (Lipinski definition) is 1. The minimum absolute atomic E-state index is 0.0313. The van der Waals surface area contributed by atoms with E-state index >= 15 is 0 Å². The Morgan fingerprint density at radius 1 is 1.11 bits per heavy atom. The van der Waals surface area contributed by atoms with Gasteiger partial charge in [-0.05, 0) is 42.3 Å². The number of halogens is 2. The van der Waals surface area contributed by atoms with E-state index < -0.39 is 5.91 Å². The van der Waals surface area contributed by atoms with Gasteiger partial charge in [0.1, 0.15) is 23.2 Å². The SMILES string of the molecule is N#C/C(=C\c1ccc(-c2ccc(Cl)cc2Cl)o1)C(=O)NCCc1ccccc1. The molecule has 0 aliphatic heterocycles. The Kier molecular flexibility index (Phi) is 6.54. The molecule has 0 radical (unpaired) electrons. The standard InChI is InChI=1S/C22H16Cl2N2O2/c23-17-6-8-19(20(24)13-17)21-9-7-18(28-21)12-16(14-25)22(27)26-11-10-15-4-2-1-3-5-15/h1-9,12-13H,10-11H2,(H,26,27)/b16-12+. The number of rotatable bonds is 6. The van der Waals surface area contributed by atoms with Crippen molar-refractivity contribution in [3.8, 4) is 17.4 Å². The Hall–Kier alpha value is -3.00. The molecule has 0 atom stereocenters. The summed E-state index contributed by atoms with van der Waals surface area (Å²) in [5.41, 5.74) is 1.76. The lowest BCUT2D eigenvalue weighted by Crippen LogP contribution is -2.26. The highest BCUT2D eigenvalue weighted by atomic mass is 35.5. The first-order valence-corrected chi connectivity index (χ1v) is 9.31. The van der Waals surface area contributed by atoms with Crippen molar-refractivity contribution in [3.63, 3.8) is 0 Å². The van der Waals surface area contributed by atoms with E-state index in [0.29, 0.717) is 40.1 Å². The van der Waals surface area contributed by atoms with Gasteiger partial charge in [0.25, 0.3) is 5.91 Å². The number of nitrogens with zero attached hydrogens (tertiary/aromatic N) is 1. The number of nitrogens with one attached hydrogen (secondary N) is 1. The van der Waals surface area contributed by atoms with E-state index in [2.05, 4.69) is 5.32 Å². The summed E-state index contributed by atoms with van der Waals surface area (Å²) in [6.45, 7) is 0.436. The van der Waals surface area contributed by atoms with Crippen LogP contribution in [0.25, 0.3) is 17.4 Å². The van der Waals surface area contributed by atoms with Gasteiger partial charge in [0, 0.05) is 23.2 Å². The first-order chi connectivity index (χ1) is 13.6. The minimum atomic E-state index is -0.444. The molecular weight excluding hydrogens is 395 g/mol. The molecule has 3 aromatic rings. The first kappa shape index (κ1) is 19.8. The molecule has 3 rings (SSSR count). The summed E-state index contributed by atoms with van der Waals surface area (Å²) < 4.78 is 5.71. The molecule has 0 spiro atoms. The summed E-state index contributed by atoms with van der Waals surface area (Å²) in [5, 5.41) is 13.0. The highest BCUT2D eigenvalue weighted by Gasteiger charge is 2.12. The van der Waals surface area contributed by atoms with Crippen LogP contribution < -0.4 is 5.32 Å². The van der Waals surface area contributed by atoms with Crippen molar-refractivity contribution >= 4 is 35.2 Å². The number of hydrogen-bond acceptors (Lipinski definition) is 3. The summed E-state index contributed by atoms with van der Waals surface area (Å²) in [7, 11) is 0. The molecule has 1 heterocycles. The number of nitriles is 1. The third-order valence-corrected chi connectivity index (χ3v) is 4.56. The van der Waals surface area contributed by atoms with Crippen LogP contribution in [-0.4, -0.2) is 12.5 Å². The second-order valence-corrected chi connectivity index (χ2v) is 6.83. The second kappa shape index (κ2) is 9.27. The van der Waals surface area contributed by atoms with Gasteiger partial charge in [-0.25, -0.2) is 0 Å². The van der Waals surface area contributed by atoms with Crippen LogP contribution in [0.1, 0.15) is 11.3 Å². The second-order valence-electron chi connectivity index (χ2n) is 5.99. The molecule has 0 aliphatic carbocycles. The predicted octanol–water partition coefficient (Wildman–Crippen LogP) is 5.52. The van der Waals surface area contributed by atoms with E-state index in [-0.39, 0.29) is 5.57 Å². The first-order valence-electron chi connectivity index (χ1n) is 8.56. The summed E-state index contributed by atoms with van der Waals surface area (Å²) >= 11 is 12.1. The van der Waals surface area contributed by atoms with Crippen molar-refractivity contribution in [2.75, 3.05) is 6.54 Å². The number of benzene rings is 2. The van der Waals surface area contributed by atoms with Gasteiger partial charge in [0.05, 0.1) is 5.02 Å². The normalized spacial score (nSPS) is 11.1. The molecule has 0 saturated carbocycles. The maximum Gasteiger partial charge on any atom is 0.262 e. The van der Waals surface area contributed by atoms with Crippen molar-refractivity contribution < 1.29 is 9.21 Å². The van der Waals surface area contributed by atoms with Gasteiger partial charge in [-0.3, -0.25) is 4.79 Å². The Balaban J connectivity index is 1.68. The van der Waals surface area contributed by atoms with E-state index in [0.717, 1.165) is 5.56 Å². The van der Waals surface area contributed by atoms with Gasteiger partial charge in [0.15, 0.2) is 0 Å². The lowest BCUT2D eigenvalue weighted by molar-refractivity contribution is -0.117. The smallest absolute Gasteiger partial charge is 0.262 e. The van der Waals surface area contributed by atoms with Crippen molar-refractivity contribution in [2.24, 2.45) is 0 Å². The molecule has 0 fully saturated rings. The molecule has 28 heavy (non-hydrogen) atoms. The van der Waals surface area contributed by atoms with Crippen molar-refractivity contribution in [1.29, 1.82) is 5.26 Å².